The summed E-state index contributed by atoms with van der Waals surface area (Å²) in [7, 11) is 4.53. The minimum Gasteiger partial charge on any atom is -0.497 e. The highest BCUT2D eigenvalue weighted by Gasteiger charge is 2.17. The fraction of sp³-hybridized carbons (Fsp3) is 0.174. The van der Waals surface area contributed by atoms with Crippen molar-refractivity contribution in [1.29, 1.82) is 0 Å². The van der Waals surface area contributed by atoms with Gasteiger partial charge in [0.15, 0.2) is 11.5 Å². The van der Waals surface area contributed by atoms with Crippen molar-refractivity contribution in [3.63, 3.8) is 0 Å². The van der Waals surface area contributed by atoms with Gasteiger partial charge in [-0.3, -0.25) is 0 Å². The fourth-order valence-electron chi connectivity index (χ4n) is 2.69. The zero-order valence-electron chi connectivity index (χ0n) is 18.0. The lowest BCUT2D eigenvalue weighted by molar-refractivity contribution is -0.131. The van der Waals surface area contributed by atoms with E-state index in [0.717, 1.165) is 11.8 Å². The third-order valence-electron chi connectivity index (χ3n) is 4.21. The van der Waals surface area contributed by atoms with Crippen LogP contribution in [-0.4, -0.2) is 49.2 Å². The first-order valence-corrected chi connectivity index (χ1v) is 10.2. The summed E-state index contributed by atoms with van der Waals surface area (Å²) >= 11 is 0.819. The molecule has 0 saturated carbocycles. The number of carboxylic acid groups (broad SMARTS) is 1. The summed E-state index contributed by atoms with van der Waals surface area (Å²) in [6.45, 7) is 0.0838. The van der Waals surface area contributed by atoms with E-state index in [0.29, 0.717) is 34.1 Å². The molecule has 0 fully saturated rings. The number of rotatable bonds is 10. The maximum atomic E-state index is 11.8. The molecule has 0 unspecified atom stereocenters. The molecule has 10 heteroatoms. The first kappa shape index (κ1) is 23.6. The second kappa shape index (κ2) is 11.0. The average Bonchev–Trinajstić information content (AvgIpc) is 3.30. The van der Waals surface area contributed by atoms with Gasteiger partial charge >= 0.3 is 5.97 Å². The van der Waals surface area contributed by atoms with E-state index in [2.05, 4.69) is 16.1 Å². The van der Waals surface area contributed by atoms with Crippen molar-refractivity contribution < 1.29 is 33.3 Å². The summed E-state index contributed by atoms with van der Waals surface area (Å²) in [6.07, 6.45) is 6.67. The number of benzene rings is 2. The molecule has 0 saturated heterocycles. The Balaban J connectivity index is 1.86. The minimum atomic E-state index is -1.16. The largest absolute Gasteiger partial charge is 0.497 e. The van der Waals surface area contributed by atoms with Crippen LogP contribution in [0, 0.1) is 12.3 Å². The summed E-state index contributed by atoms with van der Waals surface area (Å²) in [5.74, 6) is 3.37. The fourth-order valence-corrected chi connectivity index (χ4v) is 3.36. The first-order chi connectivity index (χ1) is 16.0. The number of thioether (sulfide) groups is 1. The van der Waals surface area contributed by atoms with Crippen LogP contribution in [0.25, 0.3) is 17.5 Å². The Morgan fingerprint density at radius 1 is 1.09 bits per heavy atom. The van der Waals surface area contributed by atoms with Crippen molar-refractivity contribution in [3.8, 4) is 46.8 Å². The SMILES string of the molecule is C#CCOc1ccc(/C=C(\Sc2nnc(-c3cc(OC)cc(OC)c3)o2)C(=O)O)cc1OC. The number of ether oxygens (including phenoxy) is 4. The molecule has 0 radical (unpaired) electrons. The lowest BCUT2D eigenvalue weighted by Crippen LogP contribution is -1.98. The number of terminal acetylenes is 1. The molecule has 3 rings (SSSR count). The molecule has 1 heterocycles. The van der Waals surface area contributed by atoms with E-state index in [-0.39, 0.29) is 22.6 Å². The smallest absolute Gasteiger partial charge is 0.342 e. The number of hydrogen-bond acceptors (Lipinski definition) is 9. The van der Waals surface area contributed by atoms with E-state index in [1.54, 1.807) is 36.4 Å². The Hall–Kier alpha value is -4.10. The van der Waals surface area contributed by atoms with Gasteiger partial charge in [-0.05, 0) is 47.7 Å². The molecule has 0 amide bonds. The van der Waals surface area contributed by atoms with Gasteiger partial charge in [-0.15, -0.1) is 16.6 Å². The van der Waals surface area contributed by atoms with Crippen LogP contribution in [0.5, 0.6) is 23.0 Å². The third kappa shape index (κ3) is 5.99. The van der Waals surface area contributed by atoms with Crippen LogP contribution >= 0.6 is 11.8 Å². The highest BCUT2D eigenvalue weighted by Crippen LogP contribution is 2.34. The van der Waals surface area contributed by atoms with Crippen molar-refractivity contribution >= 4 is 23.8 Å². The third-order valence-corrected chi connectivity index (χ3v) is 5.06. The van der Waals surface area contributed by atoms with E-state index in [1.165, 1.54) is 27.4 Å². The maximum absolute atomic E-state index is 11.8. The molecule has 0 aliphatic heterocycles. The van der Waals surface area contributed by atoms with Gasteiger partial charge in [0.2, 0.25) is 5.89 Å². The molecule has 0 aliphatic rings. The molecule has 2 aromatic carbocycles. The van der Waals surface area contributed by atoms with Crippen LogP contribution in [0.1, 0.15) is 5.56 Å². The predicted octanol–water partition coefficient (Wildman–Crippen LogP) is 3.99. The van der Waals surface area contributed by atoms with Gasteiger partial charge in [-0.25, -0.2) is 4.79 Å². The molecule has 0 bridgehead atoms. The maximum Gasteiger partial charge on any atom is 0.342 e. The molecule has 170 valence electrons. The molecule has 0 atom stereocenters. The van der Waals surface area contributed by atoms with E-state index < -0.39 is 5.97 Å². The van der Waals surface area contributed by atoms with Crippen LogP contribution in [0.15, 0.2) is 50.9 Å². The number of carbonyl (C=O) groups is 1. The second-order valence-electron chi connectivity index (χ2n) is 6.29. The van der Waals surface area contributed by atoms with Gasteiger partial charge < -0.3 is 28.5 Å². The zero-order valence-corrected chi connectivity index (χ0v) is 18.8. The number of aliphatic carboxylic acids is 1. The van der Waals surface area contributed by atoms with Gasteiger partial charge in [0.25, 0.3) is 5.22 Å². The Bertz CT molecular complexity index is 1190. The van der Waals surface area contributed by atoms with Crippen LogP contribution in [0.2, 0.25) is 0 Å². The Morgan fingerprint density at radius 3 is 2.42 bits per heavy atom. The van der Waals surface area contributed by atoms with Gasteiger partial charge in [0.05, 0.1) is 21.3 Å². The Kier molecular flexibility index (Phi) is 7.83. The number of methoxy groups -OCH3 is 3. The molecular weight excluding hydrogens is 448 g/mol. The summed E-state index contributed by atoms with van der Waals surface area (Å²) in [4.78, 5) is 11.8. The van der Waals surface area contributed by atoms with Crippen molar-refractivity contribution in [1.82, 2.24) is 10.2 Å². The van der Waals surface area contributed by atoms with E-state index in [1.807, 2.05) is 0 Å². The number of hydrogen-bond donors (Lipinski definition) is 1. The normalized spacial score (nSPS) is 10.9. The lowest BCUT2D eigenvalue weighted by Gasteiger charge is -2.09. The van der Waals surface area contributed by atoms with Gasteiger partial charge in [-0.1, -0.05) is 12.0 Å². The minimum absolute atomic E-state index is 0.0345. The number of carboxylic acids is 1. The van der Waals surface area contributed by atoms with E-state index in [4.69, 9.17) is 29.8 Å². The van der Waals surface area contributed by atoms with Crippen molar-refractivity contribution in [3.05, 3.63) is 46.9 Å². The summed E-state index contributed by atoms with van der Waals surface area (Å²) in [5, 5.41) is 17.7. The predicted molar refractivity (Wildman–Crippen MR) is 122 cm³/mol. The van der Waals surface area contributed by atoms with Gasteiger partial charge in [-0.2, -0.15) is 0 Å². The van der Waals surface area contributed by atoms with E-state index in [9.17, 15) is 9.90 Å². The summed E-state index contributed by atoms with van der Waals surface area (Å²) < 4.78 is 26.8. The van der Waals surface area contributed by atoms with Crippen LogP contribution in [0.3, 0.4) is 0 Å². The first-order valence-electron chi connectivity index (χ1n) is 9.41. The second-order valence-corrected chi connectivity index (χ2v) is 7.29. The summed E-state index contributed by atoms with van der Waals surface area (Å²) in [5.41, 5.74) is 1.14. The molecule has 1 aromatic heterocycles. The topological polar surface area (TPSA) is 113 Å². The number of aromatic nitrogens is 2. The molecule has 3 aromatic rings. The summed E-state index contributed by atoms with van der Waals surface area (Å²) in [6, 6.07) is 10.1. The Labute approximate surface area is 194 Å². The quantitative estimate of drug-likeness (QED) is 0.266. The highest BCUT2D eigenvalue weighted by atomic mass is 32.2. The molecular formula is C23H20N2O7S. The molecule has 1 N–H and O–H groups in total. The van der Waals surface area contributed by atoms with Gasteiger partial charge in [0, 0.05) is 11.6 Å². The average molecular weight is 468 g/mol. The molecule has 0 spiro atoms. The van der Waals surface area contributed by atoms with Crippen molar-refractivity contribution in [2.75, 3.05) is 27.9 Å². The highest BCUT2D eigenvalue weighted by molar-refractivity contribution is 8.03. The van der Waals surface area contributed by atoms with Crippen LogP contribution in [-0.2, 0) is 4.79 Å². The van der Waals surface area contributed by atoms with Crippen LogP contribution < -0.4 is 18.9 Å². The van der Waals surface area contributed by atoms with Crippen molar-refractivity contribution in [2.24, 2.45) is 0 Å². The van der Waals surface area contributed by atoms with Crippen molar-refractivity contribution in [2.45, 2.75) is 5.22 Å². The zero-order chi connectivity index (χ0) is 23.8. The van der Waals surface area contributed by atoms with Crippen LogP contribution in [0.4, 0.5) is 0 Å². The molecule has 33 heavy (non-hydrogen) atoms. The van der Waals surface area contributed by atoms with E-state index >= 15 is 0 Å². The lowest BCUT2D eigenvalue weighted by atomic mass is 10.2. The Morgan fingerprint density at radius 2 is 1.82 bits per heavy atom. The monoisotopic (exact) mass is 468 g/mol. The van der Waals surface area contributed by atoms with Gasteiger partial charge in [0.1, 0.15) is 23.0 Å². The molecule has 9 nitrogen and oxygen atoms in total. The standard InChI is InChI=1S/C23H20N2O7S/c1-5-8-31-18-7-6-14(9-19(18)30-4)10-20(22(26)27)33-23-25-24-21(32-23)15-11-16(28-2)13-17(12-15)29-3/h1,6-7,9-13H,8H2,2-4H3,(H,26,27)/b20-10-. The molecule has 0 aliphatic carbocycles. The number of nitrogens with zero attached hydrogens (tertiary/aromatic N) is 2.